The largest absolute Gasteiger partial charge is 0.496 e. The van der Waals surface area contributed by atoms with Gasteiger partial charge in [0, 0.05) is 10.6 Å². The lowest BCUT2D eigenvalue weighted by molar-refractivity contribution is 0.413. The lowest BCUT2D eigenvalue weighted by Crippen LogP contribution is -2.09. The summed E-state index contributed by atoms with van der Waals surface area (Å²) in [5.74, 6) is 6.55. The van der Waals surface area contributed by atoms with Crippen molar-refractivity contribution in [3.8, 4) is 17.0 Å². The van der Waals surface area contributed by atoms with E-state index in [1.165, 1.54) is 4.68 Å². The standard InChI is InChI=1S/C11H13ClN4O/c1-6-3-7(12)4-8(10(6)17-2)9-5-16(14)11(13)15-9/h3-5H,14H2,1-2H3,(H2,13,15). The van der Waals surface area contributed by atoms with Crippen LogP contribution >= 0.6 is 11.6 Å². The number of imidazole rings is 1. The molecule has 0 amide bonds. The molecule has 0 spiro atoms. The van der Waals surface area contributed by atoms with Crippen molar-refractivity contribution < 1.29 is 4.74 Å². The van der Waals surface area contributed by atoms with E-state index in [0.29, 0.717) is 16.5 Å². The topological polar surface area (TPSA) is 79.1 Å². The Morgan fingerprint density at radius 1 is 1.41 bits per heavy atom. The van der Waals surface area contributed by atoms with Gasteiger partial charge in [-0.2, -0.15) is 0 Å². The van der Waals surface area contributed by atoms with Crippen LogP contribution in [0.2, 0.25) is 5.02 Å². The first-order chi connectivity index (χ1) is 8.02. The first kappa shape index (κ1) is 11.6. The molecule has 1 aromatic heterocycles. The number of hydrogen-bond donors (Lipinski definition) is 2. The number of halogens is 1. The third-order valence-corrected chi connectivity index (χ3v) is 2.70. The second kappa shape index (κ2) is 4.18. The highest BCUT2D eigenvalue weighted by Gasteiger charge is 2.14. The van der Waals surface area contributed by atoms with Crippen molar-refractivity contribution >= 4 is 17.5 Å². The summed E-state index contributed by atoms with van der Waals surface area (Å²) in [4.78, 5) is 4.15. The van der Waals surface area contributed by atoms with Crippen molar-refractivity contribution in [2.24, 2.45) is 0 Å². The minimum Gasteiger partial charge on any atom is -0.496 e. The Morgan fingerprint density at radius 3 is 2.65 bits per heavy atom. The number of nitrogen functional groups attached to an aromatic ring is 2. The summed E-state index contributed by atoms with van der Waals surface area (Å²) < 4.78 is 6.60. The second-order valence-electron chi connectivity index (χ2n) is 3.70. The zero-order valence-corrected chi connectivity index (χ0v) is 10.3. The Kier molecular flexibility index (Phi) is 2.85. The molecule has 1 aromatic carbocycles. The number of benzene rings is 1. The van der Waals surface area contributed by atoms with E-state index in [4.69, 9.17) is 27.9 Å². The molecule has 4 N–H and O–H groups in total. The number of anilines is 1. The highest BCUT2D eigenvalue weighted by Crippen LogP contribution is 2.35. The van der Waals surface area contributed by atoms with E-state index in [9.17, 15) is 0 Å². The quantitative estimate of drug-likeness (QED) is 0.799. The van der Waals surface area contributed by atoms with Crippen LogP contribution in [0.25, 0.3) is 11.3 Å². The zero-order valence-electron chi connectivity index (χ0n) is 9.57. The molecule has 6 heteroatoms. The third-order valence-electron chi connectivity index (χ3n) is 2.48. The van der Waals surface area contributed by atoms with Crippen LogP contribution in [0.15, 0.2) is 18.3 Å². The molecule has 1 heterocycles. The molecule has 0 aliphatic carbocycles. The second-order valence-corrected chi connectivity index (χ2v) is 4.13. The third kappa shape index (κ3) is 2.01. The molecule has 17 heavy (non-hydrogen) atoms. The lowest BCUT2D eigenvalue weighted by atomic mass is 10.1. The van der Waals surface area contributed by atoms with Crippen LogP contribution in [0.5, 0.6) is 5.75 Å². The number of aryl methyl sites for hydroxylation is 1. The van der Waals surface area contributed by atoms with Crippen molar-refractivity contribution in [1.29, 1.82) is 0 Å². The van der Waals surface area contributed by atoms with Crippen LogP contribution in [-0.4, -0.2) is 16.8 Å². The van der Waals surface area contributed by atoms with Crippen molar-refractivity contribution in [2.75, 3.05) is 18.7 Å². The van der Waals surface area contributed by atoms with Gasteiger partial charge >= 0.3 is 0 Å². The number of hydrogen-bond acceptors (Lipinski definition) is 4. The van der Waals surface area contributed by atoms with Crippen molar-refractivity contribution in [3.63, 3.8) is 0 Å². The summed E-state index contributed by atoms with van der Waals surface area (Å²) in [7, 11) is 1.60. The van der Waals surface area contributed by atoms with E-state index >= 15 is 0 Å². The maximum absolute atomic E-state index is 6.02. The van der Waals surface area contributed by atoms with Crippen molar-refractivity contribution in [1.82, 2.24) is 9.66 Å². The van der Waals surface area contributed by atoms with Gasteiger partial charge in [0.2, 0.25) is 5.95 Å². The number of nitrogens with two attached hydrogens (primary N) is 2. The van der Waals surface area contributed by atoms with Gasteiger partial charge in [-0.05, 0) is 24.6 Å². The van der Waals surface area contributed by atoms with E-state index in [1.807, 2.05) is 13.0 Å². The molecule has 0 atom stereocenters. The van der Waals surface area contributed by atoms with Crippen LogP contribution in [0.3, 0.4) is 0 Å². The molecule has 0 saturated heterocycles. The van der Waals surface area contributed by atoms with Gasteiger partial charge in [-0.25, -0.2) is 9.66 Å². The Morgan fingerprint density at radius 2 is 2.12 bits per heavy atom. The molecule has 0 saturated carbocycles. The summed E-state index contributed by atoms with van der Waals surface area (Å²) in [5.41, 5.74) is 7.93. The highest BCUT2D eigenvalue weighted by atomic mass is 35.5. The fraction of sp³-hybridized carbons (Fsp3) is 0.182. The molecular weight excluding hydrogens is 240 g/mol. The number of aromatic nitrogens is 2. The summed E-state index contributed by atoms with van der Waals surface area (Å²) in [5, 5.41) is 0.614. The molecule has 0 bridgehead atoms. The Hall–Kier alpha value is -1.88. The molecule has 0 aliphatic heterocycles. The molecule has 5 nitrogen and oxygen atoms in total. The minimum atomic E-state index is 0.236. The minimum absolute atomic E-state index is 0.236. The average Bonchev–Trinajstić information content (AvgIpc) is 2.58. The summed E-state index contributed by atoms with van der Waals surface area (Å²) in [6.45, 7) is 1.91. The fourth-order valence-corrected chi connectivity index (χ4v) is 2.00. The predicted octanol–water partition coefficient (Wildman–Crippen LogP) is 1.82. The number of methoxy groups -OCH3 is 1. The summed E-state index contributed by atoms with van der Waals surface area (Å²) >= 11 is 6.02. The number of nitrogens with zero attached hydrogens (tertiary/aromatic N) is 2. The van der Waals surface area contributed by atoms with Gasteiger partial charge in [-0.3, -0.25) is 0 Å². The van der Waals surface area contributed by atoms with E-state index in [1.54, 1.807) is 19.4 Å². The summed E-state index contributed by atoms with van der Waals surface area (Å²) in [6, 6.07) is 3.60. The maximum atomic E-state index is 6.02. The van der Waals surface area contributed by atoms with Crippen molar-refractivity contribution in [3.05, 3.63) is 28.9 Å². The molecular formula is C11H13ClN4O. The number of rotatable bonds is 2. The van der Waals surface area contributed by atoms with Gasteiger partial charge in [0.1, 0.15) is 5.75 Å². The van der Waals surface area contributed by atoms with Crippen LogP contribution in [0.1, 0.15) is 5.56 Å². The molecule has 90 valence electrons. The van der Waals surface area contributed by atoms with Crippen LogP contribution < -0.4 is 16.3 Å². The molecule has 0 aliphatic rings. The Labute approximate surface area is 104 Å². The first-order valence-electron chi connectivity index (χ1n) is 4.97. The molecule has 0 unspecified atom stereocenters. The zero-order chi connectivity index (χ0) is 12.6. The van der Waals surface area contributed by atoms with E-state index in [0.717, 1.165) is 11.1 Å². The van der Waals surface area contributed by atoms with Crippen LogP contribution in [0.4, 0.5) is 5.95 Å². The molecule has 0 radical (unpaired) electrons. The summed E-state index contributed by atoms with van der Waals surface area (Å²) in [6.07, 6.45) is 1.63. The van der Waals surface area contributed by atoms with E-state index in [-0.39, 0.29) is 5.95 Å². The van der Waals surface area contributed by atoms with Crippen LogP contribution in [0, 0.1) is 6.92 Å². The molecule has 2 rings (SSSR count). The van der Waals surface area contributed by atoms with Crippen molar-refractivity contribution in [2.45, 2.75) is 6.92 Å². The van der Waals surface area contributed by atoms with Gasteiger partial charge in [0.25, 0.3) is 0 Å². The van der Waals surface area contributed by atoms with Gasteiger partial charge in [-0.15, -0.1) is 0 Å². The van der Waals surface area contributed by atoms with Gasteiger partial charge in [0.15, 0.2) is 0 Å². The normalized spacial score (nSPS) is 10.5. The monoisotopic (exact) mass is 252 g/mol. The van der Waals surface area contributed by atoms with Gasteiger partial charge in [-0.1, -0.05) is 11.6 Å². The smallest absolute Gasteiger partial charge is 0.219 e. The van der Waals surface area contributed by atoms with Gasteiger partial charge < -0.3 is 16.3 Å². The maximum Gasteiger partial charge on any atom is 0.219 e. The number of ether oxygens (including phenoxy) is 1. The first-order valence-corrected chi connectivity index (χ1v) is 5.35. The predicted molar refractivity (Wildman–Crippen MR) is 68.5 cm³/mol. The molecule has 2 aromatic rings. The highest BCUT2D eigenvalue weighted by molar-refractivity contribution is 6.31. The van der Waals surface area contributed by atoms with E-state index in [2.05, 4.69) is 4.98 Å². The SMILES string of the molecule is COc1c(C)cc(Cl)cc1-c1cn(N)c(N)n1. The Bertz CT molecular complexity index is 545. The fourth-order valence-electron chi connectivity index (χ4n) is 1.73. The van der Waals surface area contributed by atoms with E-state index < -0.39 is 0 Å². The van der Waals surface area contributed by atoms with Crippen LogP contribution in [-0.2, 0) is 0 Å². The average molecular weight is 253 g/mol. The lowest BCUT2D eigenvalue weighted by Gasteiger charge is -2.10. The molecule has 0 fully saturated rings. The Balaban J connectivity index is 2.65. The van der Waals surface area contributed by atoms with Gasteiger partial charge in [0.05, 0.1) is 19.0 Å².